The molecule has 0 spiro atoms. The van der Waals surface area contributed by atoms with Gasteiger partial charge in [-0.1, -0.05) is 6.92 Å². The van der Waals surface area contributed by atoms with Crippen LogP contribution in [0.15, 0.2) is 0 Å². The van der Waals surface area contributed by atoms with Crippen molar-refractivity contribution < 1.29 is 9.78 Å². The van der Waals surface area contributed by atoms with E-state index in [0.29, 0.717) is 5.92 Å². The molecule has 0 radical (unpaired) electrons. The van der Waals surface area contributed by atoms with Crippen LogP contribution < -0.4 is 0 Å². The zero-order valence-corrected chi connectivity index (χ0v) is 6.31. The molecule has 9 heavy (non-hydrogen) atoms. The minimum atomic E-state index is -0.0851. The molecule has 0 amide bonds. The maximum Gasteiger partial charge on any atom is 0.101 e. The van der Waals surface area contributed by atoms with Crippen LogP contribution in [0.3, 0.4) is 0 Å². The van der Waals surface area contributed by atoms with E-state index in [0.717, 1.165) is 13.0 Å². The van der Waals surface area contributed by atoms with Crippen LogP contribution >= 0.6 is 0 Å². The number of hydrogen-bond donors (Lipinski definition) is 0. The Morgan fingerprint density at radius 3 is 2.44 bits per heavy atom. The molecule has 1 aliphatic heterocycles. The summed E-state index contributed by atoms with van der Waals surface area (Å²) in [5.74, 6) is 0.603. The van der Waals surface area contributed by atoms with Gasteiger partial charge in [0.25, 0.3) is 0 Å². The second-order valence-corrected chi connectivity index (χ2v) is 3.20. The van der Waals surface area contributed by atoms with Crippen LogP contribution in [0, 0.1) is 5.92 Å². The minimum Gasteiger partial charge on any atom is -0.236 e. The molecule has 0 saturated carbocycles. The highest BCUT2D eigenvalue weighted by atomic mass is 17.2. The molecule has 0 aromatic rings. The molecule has 0 aromatic heterocycles. The maximum atomic E-state index is 5.08. The van der Waals surface area contributed by atoms with E-state index in [-0.39, 0.29) is 5.60 Å². The first kappa shape index (κ1) is 7.03. The Morgan fingerprint density at radius 2 is 2.11 bits per heavy atom. The summed E-state index contributed by atoms with van der Waals surface area (Å²) in [5, 5.41) is 0. The molecular weight excluding hydrogens is 116 g/mol. The second kappa shape index (κ2) is 2.27. The van der Waals surface area contributed by atoms with E-state index in [4.69, 9.17) is 9.78 Å². The van der Waals surface area contributed by atoms with Crippen molar-refractivity contribution in [3.05, 3.63) is 0 Å². The summed E-state index contributed by atoms with van der Waals surface area (Å²) in [6.45, 7) is 7.03. The van der Waals surface area contributed by atoms with Crippen molar-refractivity contribution in [1.82, 2.24) is 0 Å². The molecule has 1 fully saturated rings. The van der Waals surface area contributed by atoms with Crippen LogP contribution in [0.1, 0.15) is 27.2 Å². The Labute approximate surface area is 56.1 Å². The summed E-state index contributed by atoms with van der Waals surface area (Å²) >= 11 is 0. The van der Waals surface area contributed by atoms with E-state index in [1.54, 1.807) is 0 Å². The Kier molecular flexibility index (Phi) is 1.78. The van der Waals surface area contributed by atoms with Crippen LogP contribution in [-0.2, 0) is 9.78 Å². The summed E-state index contributed by atoms with van der Waals surface area (Å²) in [4.78, 5) is 9.93. The van der Waals surface area contributed by atoms with E-state index in [2.05, 4.69) is 20.8 Å². The third-order valence-electron chi connectivity index (χ3n) is 2.09. The average molecular weight is 130 g/mol. The van der Waals surface area contributed by atoms with Crippen LogP contribution in [-0.4, -0.2) is 12.2 Å². The van der Waals surface area contributed by atoms with E-state index in [1.807, 2.05) is 0 Å². The SMILES string of the molecule is CC1CCOOC1(C)C. The molecule has 1 rings (SSSR count). The van der Waals surface area contributed by atoms with Crippen molar-refractivity contribution in [2.24, 2.45) is 5.92 Å². The maximum absolute atomic E-state index is 5.08. The van der Waals surface area contributed by atoms with Crippen molar-refractivity contribution >= 4 is 0 Å². The van der Waals surface area contributed by atoms with Gasteiger partial charge in [-0.2, -0.15) is 0 Å². The molecule has 2 nitrogen and oxygen atoms in total. The lowest BCUT2D eigenvalue weighted by Crippen LogP contribution is -2.37. The fraction of sp³-hybridized carbons (Fsp3) is 1.00. The molecule has 1 aliphatic rings. The molecule has 1 heterocycles. The van der Waals surface area contributed by atoms with Gasteiger partial charge in [0.15, 0.2) is 0 Å². The van der Waals surface area contributed by atoms with Crippen LogP contribution in [0.25, 0.3) is 0 Å². The Balaban J connectivity index is 2.49. The molecular formula is C7H14O2. The van der Waals surface area contributed by atoms with Gasteiger partial charge in [-0.05, 0) is 26.2 Å². The number of hydrogen-bond acceptors (Lipinski definition) is 2. The third-order valence-corrected chi connectivity index (χ3v) is 2.09. The monoisotopic (exact) mass is 130 g/mol. The van der Waals surface area contributed by atoms with Gasteiger partial charge in [0.2, 0.25) is 0 Å². The van der Waals surface area contributed by atoms with E-state index in [1.165, 1.54) is 0 Å². The summed E-state index contributed by atoms with van der Waals surface area (Å²) in [6.07, 6.45) is 1.10. The normalized spacial score (nSPS) is 34.3. The Bertz CT molecular complexity index is 99.1. The first-order valence-electron chi connectivity index (χ1n) is 3.43. The molecule has 1 saturated heterocycles. The average Bonchev–Trinajstić information content (AvgIpc) is 1.77. The third kappa shape index (κ3) is 1.43. The van der Waals surface area contributed by atoms with Crippen LogP contribution in [0.4, 0.5) is 0 Å². The lowest BCUT2D eigenvalue weighted by molar-refractivity contribution is -0.387. The lowest BCUT2D eigenvalue weighted by atomic mass is 9.90. The molecule has 54 valence electrons. The Hall–Kier alpha value is -0.0800. The van der Waals surface area contributed by atoms with E-state index >= 15 is 0 Å². The minimum absolute atomic E-state index is 0.0851. The first-order valence-corrected chi connectivity index (χ1v) is 3.43. The molecule has 1 unspecified atom stereocenters. The highest BCUT2D eigenvalue weighted by Crippen LogP contribution is 2.27. The van der Waals surface area contributed by atoms with Crippen molar-refractivity contribution in [3.63, 3.8) is 0 Å². The van der Waals surface area contributed by atoms with Gasteiger partial charge in [-0.3, -0.25) is 0 Å². The van der Waals surface area contributed by atoms with Crippen molar-refractivity contribution in [3.8, 4) is 0 Å². The Morgan fingerprint density at radius 1 is 1.44 bits per heavy atom. The fourth-order valence-electron chi connectivity index (χ4n) is 0.848. The summed E-state index contributed by atoms with van der Waals surface area (Å²) in [5.41, 5.74) is -0.0851. The topological polar surface area (TPSA) is 18.5 Å². The van der Waals surface area contributed by atoms with Gasteiger partial charge < -0.3 is 0 Å². The molecule has 0 bridgehead atoms. The summed E-state index contributed by atoms with van der Waals surface area (Å²) in [6, 6.07) is 0. The zero-order valence-electron chi connectivity index (χ0n) is 6.31. The molecule has 0 aromatic carbocycles. The van der Waals surface area contributed by atoms with E-state index < -0.39 is 0 Å². The van der Waals surface area contributed by atoms with Gasteiger partial charge in [-0.25, -0.2) is 9.78 Å². The zero-order chi connectivity index (χ0) is 6.91. The van der Waals surface area contributed by atoms with Crippen LogP contribution in [0.5, 0.6) is 0 Å². The van der Waals surface area contributed by atoms with Crippen LogP contribution in [0.2, 0.25) is 0 Å². The quantitative estimate of drug-likeness (QED) is 0.465. The van der Waals surface area contributed by atoms with Crippen molar-refractivity contribution in [2.45, 2.75) is 32.8 Å². The molecule has 0 aliphatic carbocycles. The molecule has 2 heteroatoms. The predicted octanol–water partition coefficient (Wildman–Crippen LogP) is 1.75. The molecule has 0 N–H and O–H groups in total. The molecule has 1 atom stereocenters. The van der Waals surface area contributed by atoms with Gasteiger partial charge in [0.05, 0.1) is 6.61 Å². The fourth-order valence-corrected chi connectivity index (χ4v) is 0.848. The highest BCUT2D eigenvalue weighted by Gasteiger charge is 2.31. The van der Waals surface area contributed by atoms with E-state index in [9.17, 15) is 0 Å². The van der Waals surface area contributed by atoms with Gasteiger partial charge in [-0.15, -0.1) is 0 Å². The second-order valence-electron chi connectivity index (χ2n) is 3.20. The van der Waals surface area contributed by atoms with Crippen molar-refractivity contribution in [2.75, 3.05) is 6.61 Å². The standard InChI is InChI=1S/C7H14O2/c1-6-4-5-8-9-7(6,2)3/h6H,4-5H2,1-3H3. The lowest BCUT2D eigenvalue weighted by Gasteiger charge is -2.34. The van der Waals surface area contributed by atoms with Crippen molar-refractivity contribution in [1.29, 1.82) is 0 Å². The predicted molar refractivity (Wildman–Crippen MR) is 34.9 cm³/mol. The summed E-state index contributed by atoms with van der Waals surface area (Å²) in [7, 11) is 0. The first-order chi connectivity index (χ1) is 4.13. The highest BCUT2D eigenvalue weighted by molar-refractivity contribution is 4.76. The smallest absolute Gasteiger partial charge is 0.101 e. The number of rotatable bonds is 0. The van der Waals surface area contributed by atoms with Gasteiger partial charge in [0, 0.05) is 0 Å². The summed E-state index contributed by atoms with van der Waals surface area (Å²) < 4.78 is 0. The van der Waals surface area contributed by atoms with Gasteiger partial charge in [0.1, 0.15) is 5.60 Å². The van der Waals surface area contributed by atoms with Gasteiger partial charge >= 0.3 is 0 Å². The largest absolute Gasteiger partial charge is 0.236 e.